The number of hydrogen-bond donors (Lipinski definition) is 2. The van der Waals surface area contributed by atoms with Gasteiger partial charge in [-0.15, -0.1) is 0 Å². The average Bonchev–Trinajstić information content (AvgIpc) is 2.46. The lowest BCUT2D eigenvalue weighted by atomic mass is 10.1. The predicted octanol–water partition coefficient (Wildman–Crippen LogP) is 3.86. The van der Waals surface area contributed by atoms with Crippen LogP contribution in [-0.4, -0.2) is 16.5 Å². The summed E-state index contributed by atoms with van der Waals surface area (Å²) < 4.78 is 0. The Balaban J connectivity index is 1.90. The first-order chi connectivity index (χ1) is 10.1. The molecule has 1 heterocycles. The summed E-state index contributed by atoms with van der Waals surface area (Å²) in [4.78, 5) is 8.75. The van der Waals surface area contributed by atoms with E-state index in [0.29, 0.717) is 11.9 Å². The molecule has 0 fully saturated rings. The summed E-state index contributed by atoms with van der Waals surface area (Å²) in [7, 11) is 0. The van der Waals surface area contributed by atoms with Gasteiger partial charge < -0.3 is 10.6 Å². The zero-order valence-corrected chi connectivity index (χ0v) is 13.1. The first-order valence-electron chi connectivity index (χ1n) is 7.50. The number of nitrogens with zero attached hydrogens (tertiary/aromatic N) is 2. The number of anilines is 2. The Morgan fingerprint density at radius 1 is 1.10 bits per heavy atom. The van der Waals surface area contributed by atoms with Crippen LogP contribution in [0.4, 0.5) is 11.8 Å². The van der Waals surface area contributed by atoms with Gasteiger partial charge >= 0.3 is 0 Å². The molecule has 0 unspecified atom stereocenters. The van der Waals surface area contributed by atoms with Crippen molar-refractivity contribution < 1.29 is 0 Å². The second kappa shape index (κ2) is 7.62. The fourth-order valence-electron chi connectivity index (χ4n) is 2.01. The Morgan fingerprint density at radius 3 is 2.67 bits per heavy atom. The molecular formula is C17H24N4. The Morgan fingerprint density at radius 2 is 1.90 bits per heavy atom. The molecule has 4 heteroatoms. The van der Waals surface area contributed by atoms with E-state index in [2.05, 4.69) is 65.6 Å². The van der Waals surface area contributed by atoms with Gasteiger partial charge in [-0.25, -0.2) is 4.98 Å². The minimum absolute atomic E-state index is 0.660. The number of nitrogens with one attached hydrogen (secondary N) is 2. The van der Waals surface area contributed by atoms with E-state index in [-0.39, 0.29) is 0 Å². The molecule has 2 N–H and O–H groups in total. The standard InChI is InChI=1S/C17H24N4/c1-13(2)8-10-18-16-9-11-19-17(21-16)20-12-15-7-5-4-6-14(15)3/h4-7,9,11,13H,8,10,12H2,1-3H3,(H2,18,19,20,21). The van der Waals surface area contributed by atoms with Crippen LogP contribution in [0.1, 0.15) is 31.4 Å². The van der Waals surface area contributed by atoms with Gasteiger partial charge in [-0.3, -0.25) is 0 Å². The normalized spacial score (nSPS) is 10.7. The monoisotopic (exact) mass is 284 g/mol. The topological polar surface area (TPSA) is 49.8 Å². The van der Waals surface area contributed by atoms with E-state index < -0.39 is 0 Å². The van der Waals surface area contributed by atoms with E-state index in [1.165, 1.54) is 11.1 Å². The third-order valence-corrected chi connectivity index (χ3v) is 3.38. The van der Waals surface area contributed by atoms with E-state index >= 15 is 0 Å². The SMILES string of the molecule is Cc1ccccc1CNc1nccc(NCCC(C)C)n1. The Labute approximate surface area is 127 Å². The lowest BCUT2D eigenvalue weighted by molar-refractivity contribution is 0.606. The maximum Gasteiger partial charge on any atom is 0.224 e. The van der Waals surface area contributed by atoms with Crippen molar-refractivity contribution in [3.8, 4) is 0 Å². The molecule has 0 radical (unpaired) electrons. The molecule has 0 aliphatic carbocycles. The molecule has 0 aliphatic rings. The van der Waals surface area contributed by atoms with E-state index in [4.69, 9.17) is 0 Å². The summed E-state index contributed by atoms with van der Waals surface area (Å²) in [5, 5.41) is 6.61. The number of benzene rings is 1. The van der Waals surface area contributed by atoms with Crippen LogP contribution in [0.5, 0.6) is 0 Å². The fraction of sp³-hybridized carbons (Fsp3) is 0.412. The van der Waals surface area contributed by atoms with Gasteiger partial charge in [-0.1, -0.05) is 38.1 Å². The van der Waals surface area contributed by atoms with Crippen LogP contribution >= 0.6 is 0 Å². The van der Waals surface area contributed by atoms with Crippen molar-refractivity contribution in [1.82, 2.24) is 9.97 Å². The van der Waals surface area contributed by atoms with Gasteiger partial charge in [0.15, 0.2) is 0 Å². The maximum absolute atomic E-state index is 4.48. The van der Waals surface area contributed by atoms with Gasteiger partial charge in [0, 0.05) is 19.3 Å². The van der Waals surface area contributed by atoms with Gasteiger partial charge in [0.25, 0.3) is 0 Å². The van der Waals surface area contributed by atoms with E-state index in [1.807, 2.05) is 6.07 Å². The van der Waals surface area contributed by atoms with Crippen LogP contribution in [0.3, 0.4) is 0 Å². The van der Waals surface area contributed by atoms with Crippen LogP contribution in [0.25, 0.3) is 0 Å². The highest BCUT2D eigenvalue weighted by Gasteiger charge is 2.01. The van der Waals surface area contributed by atoms with Crippen LogP contribution < -0.4 is 10.6 Å². The van der Waals surface area contributed by atoms with E-state index in [9.17, 15) is 0 Å². The fourth-order valence-corrected chi connectivity index (χ4v) is 2.01. The summed E-state index contributed by atoms with van der Waals surface area (Å²) in [6.45, 7) is 8.23. The van der Waals surface area contributed by atoms with Crippen molar-refractivity contribution in [2.75, 3.05) is 17.2 Å². The highest BCUT2D eigenvalue weighted by atomic mass is 15.1. The van der Waals surface area contributed by atoms with Crippen molar-refractivity contribution >= 4 is 11.8 Å². The van der Waals surface area contributed by atoms with Crippen molar-refractivity contribution in [3.05, 3.63) is 47.7 Å². The molecule has 0 saturated heterocycles. The Kier molecular flexibility index (Phi) is 5.55. The molecular weight excluding hydrogens is 260 g/mol. The van der Waals surface area contributed by atoms with Crippen molar-refractivity contribution in [2.45, 2.75) is 33.7 Å². The molecule has 1 aromatic heterocycles. The summed E-state index contributed by atoms with van der Waals surface area (Å²) >= 11 is 0. The van der Waals surface area contributed by atoms with Crippen molar-refractivity contribution in [2.24, 2.45) is 5.92 Å². The van der Waals surface area contributed by atoms with Crippen LogP contribution in [-0.2, 0) is 6.54 Å². The smallest absolute Gasteiger partial charge is 0.224 e. The maximum atomic E-state index is 4.48. The van der Waals surface area contributed by atoms with Gasteiger partial charge in [0.1, 0.15) is 5.82 Å². The number of aromatic nitrogens is 2. The molecule has 4 nitrogen and oxygen atoms in total. The molecule has 0 bridgehead atoms. The molecule has 1 aromatic carbocycles. The van der Waals surface area contributed by atoms with Crippen LogP contribution in [0.15, 0.2) is 36.5 Å². The largest absolute Gasteiger partial charge is 0.370 e. The molecule has 2 rings (SSSR count). The zero-order valence-electron chi connectivity index (χ0n) is 13.1. The molecule has 0 atom stereocenters. The summed E-state index contributed by atoms with van der Waals surface area (Å²) in [6, 6.07) is 10.2. The van der Waals surface area contributed by atoms with E-state index in [0.717, 1.165) is 25.3 Å². The van der Waals surface area contributed by atoms with Gasteiger partial charge in [0.2, 0.25) is 5.95 Å². The minimum atomic E-state index is 0.660. The minimum Gasteiger partial charge on any atom is -0.370 e. The zero-order chi connectivity index (χ0) is 15.1. The predicted molar refractivity (Wildman–Crippen MR) is 88.5 cm³/mol. The third kappa shape index (κ3) is 5.06. The molecule has 2 aromatic rings. The highest BCUT2D eigenvalue weighted by molar-refractivity contribution is 5.40. The van der Waals surface area contributed by atoms with Gasteiger partial charge in [-0.2, -0.15) is 4.98 Å². The van der Waals surface area contributed by atoms with E-state index in [1.54, 1.807) is 6.20 Å². The third-order valence-electron chi connectivity index (χ3n) is 3.38. The quantitative estimate of drug-likeness (QED) is 0.810. The Hall–Kier alpha value is -2.10. The first-order valence-corrected chi connectivity index (χ1v) is 7.50. The molecule has 0 spiro atoms. The lowest BCUT2D eigenvalue weighted by Crippen LogP contribution is -2.09. The second-order valence-corrected chi connectivity index (χ2v) is 5.65. The highest BCUT2D eigenvalue weighted by Crippen LogP contribution is 2.11. The Bertz CT molecular complexity index is 566. The summed E-state index contributed by atoms with van der Waals surface area (Å²) in [5.74, 6) is 2.23. The number of hydrogen-bond acceptors (Lipinski definition) is 4. The summed E-state index contributed by atoms with van der Waals surface area (Å²) in [6.07, 6.45) is 2.92. The first kappa shape index (κ1) is 15.3. The molecule has 21 heavy (non-hydrogen) atoms. The number of rotatable bonds is 7. The molecule has 0 saturated carbocycles. The second-order valence-electron chi connectivity index (χ2n) is 5.65. The van der Waals surface area contributed by atoms with Crippen molar-refractivity contribution in [1.29, 1.82) is 0 Å². The van der Waals surface area contributed by atoms with Gasteiger partial charge in [0.05, 0.1) is 0 Å². The molecule has 112 valence electrons. The average molecular weight is 284 g/mol. The lowest BCUT2D eigenvalue weighted by Gasteiger charge is -2.10. The summed E-state index contributed by atoms with van der Waals surface area (Å²) in [5.41, 5.74) is 2.54. The molecule has 0 aliphatic heterocycles. The molecule has 0 amide bonds. The number of aryl methyl sites for hydroxylation is 1. The van der Waals surface area contributed by atoms with Crippen LogP contribution in [0.2, 0.25) is 0 Å². The van der Waals surface area contributed by atoms with Gasteiger partial charge in [-0.05, 0) is 36.5 Å². The van der Waals surface area contributed by atoms with Crippen molar-refractivity contribution in [3.63, 3.8) is 0 Å². The van der Waals surface area contributed by atoms with Crippen LogP contribution in [0, 0.1) is 12.8 Å².